The minimum absolute atomic E-state index is 0.00486. The van der Waals surface area contributed by atoms with E-state index in [1.807, 2.05) is 6.92 Å². The number of aryl methyl sites for hydroxylation is 3. The molecule has 0 saturated carbocycles. The first-order valence-electron chi connectivity index (χ1n) is 12.0. The van der Waals surface area contributed by atoms with E-state index in [1.54, 1.807) is 6.92 Å². The molecule has 0 fully saturated rings. The first-order valence-corrected chi connectivity index (χ1v) is 12.9. The number of rotatable bonds is 13. The summed E-state index contributed by atoms with van der Waals surface area (Å²) in [6.45, 7) is 4.01. The van der Waals surface area contributed by atoms with Crippen LogP contribution in [0.15, 0.2) is 24.4 Å². The van der Waals surface area contributed by atoms with E-state index in [0.717, 1.165) is 0 Å². The number of aliphatic hydroxyl groups excluding tert-OH is 1. The van der Waals surface area contributed by atoms with Crippen molar-refractivity contribution in [2.24, 2.45) is 0 Å². The van der Waals surface area contributed by atoms with Gasteiger partial charge in [-0.15, -0.1) is 23.2 Å². The Hall–Kier alpha value is -3.02. The molecule has 3 rings (SSSR count). The molecule has 37 heavy (non-hydrogen) atoms. The minimum Gasteiger partial charge on any atom is -0.396 e. The smallest absolute Gasteiger partial charge is 0.270 e. The van der Waals surface area contributed by atoms with E-state index in [2.05, 4.69) is 30.9 Å². The van der Waals surface area contributed by atoms with Crippen LogP contribution in [-0.4, -0.2) is 59.4 Å². The lowest BCUT2D eigenvalue weighted by Crippen LogP contribution is -2.44. The Labute approximate surface area is 224 Å². The summed E-state index contributed by atoms with van der Waals surface area (Å²) < 4.78 is 16.4. The Morgan fingerprint density at radius 2 is 2.00 bits per heavy atom. The van der Waals surface area contributed by atoms with Crippen molar-refractivity contribution in [1.29, 1.82) is 0 Å². The molecule has 0 spiro atoms. The number of carbonyl (C=O) groups excluding carboxylic acids is 2. The highest BCUT2D eigenvalue weighted by Crippen LogP contribution is 2.28. The molecular weight excluding hydrogens is 524 g/mol. The quantitative estimate of drug-likeness (QED) is 0.188. The fraction of sp³-hybridized carbons (Fsp3) is 0.458. The fourth-order valence-electron chi connectivity index (χ4n) is 3.90. The number of aliphatic hydroxyl groups is 1. The summed E-state index contributed by atoms with van der Waals surface area (Å²) in [5.41, 5.74) is 2.59. The van der Waals surface area contributed by atoms with Gasteiger partial charge in [0.15, 0.2) is 0 Å². The van der Waals surface area contributed by atoms with Crippen LogP contribution in [0.3, 0.4) is 0 Å². The molecule has 3 heterocycles. The van der Waals surface area contributed by atoms with Gasteiger partial charge in [-0.25, -0.2) is 4.98 Å². The molecule has 1 atom stereocenters. The number of nitrogens with one attached hydrogen (secondary N) is 3. The second-order valence-corrected chi connectivity index (χ2v) is 9.69. The van der Waals surface area contributed by atoms with E-state index >= 15 is 0 Å². The lowest BCUT2D eigenvalue weighted by molar-refractivity contribution is -0.118. The number of aromatic nitrogens is 5. The standard InChI is InChI=1S/C24H30Cl2FN7O3/c1-3-16-21(14(2)32-33-16)15-8-9-20(30-22(15)27)31-23(36)17(6-4-7-19(25)26)29-24(37)18-10-11-28-34(18)12-5-13-35/h8-11,17,19,35H,3-7,12-13H2,1-2H3,(H,29,37)(H,32,33)(H,30,31,36)/t17-/m0/s1. The maximum absolute atomic E-state index is 15.0. The zero-order valence-electron chi connectivity index (χ0n) is 20.6. The Morgan fingerprint density at radius 3 is 2.68 bits per heavy atom. The van der Waals surface area contributed by atoms with Gasteiger partial charge in [0.2, 0.25) is 11.9 Å². The van der Waals surface area contributed by atoms with Gasteiger partial charge >= 0.3 is 0 Å². The van der Waals surface area contributed by atoms with Gasteiger partial charge in [0.25, 0.3) is 5.91 Å². The normalized spacial score (nSPS) is 12.1. The van der Waals surface area contributed by atoms with Crippen LogP contribution in [0.25, 0.3) is 11.1 Å². The van der Waals surface area contributed by atoms with Crippen LogP contribution in [0.5, 0.6) is 0 Å². The molecular formula is C24H30Cl2FN7O3. The number of carbonyl (C=O) groups is 2. The van der Waals surface area contributed by atoms with Gasteiger partial charge < -0.3 is 15.7 Å². The molecule has 4 N–H and O–H groups in total. The largest absolute Gasteiger partial charge is 0.396 e. The average Bonchev–Trinajstić information content (AvgIpc) is 3.48. The molecule has 0 aliphatic carbocycles. The fourth-order valence-corrected chi connectivity index (χ4v) is 4.21. The number of anilines is 1. The molecule has 0 aromatic carbocycles. The monoisotopic (exact) mass is 553 g/mol. The number of halogens is 3. The Bertz CT molecular complexity index is 1210. The Morgan fingerprint density at radius 1 is 1.22 bits per heavy atom. The Balaban J connectivity index is 1.76. The van der Waals surface area contributed by atoms with Gasteiger partial charge in [0.05, 0.1) is 5.69 Å². The summed E-state index contributed by atoms with van der Waals surface area (Å²) in [6, 6.07) is 3.59. The predicted octanol–water partition coefficient (Wildman–Crippen LogP) is 3.77. The summed E-state index contributed by atoms with van der Waals surface area (Å²) in [7, 11) is 0. The number of aromatic amines is 1. The highest BCUT2D eigenvalue weighted by Gasteiger charge is 2.24. The van der Waals surface area contributed by atoms with Crippen LogP contribution in [0.1, 0.15) is 54.5 Å². The van der Waals surface area contributed by atoms with Crippen molar-refractivity contribution in [3.8, 4) is 11.1 Å². The van der Waals surface area contributed by atoms with Gasteiger partial charge in [-0.2, -0.15) is 14.6 Å². The van der Waals surface area contributed by atoms with Gasteiger partial charge in [-0.3, -0.25) is 19.4 Å². The van der Waals surface area contributed by atoms with Crippen LogP contribution < -0.4 is 10.6 Å². The summed E-state index contributed by atoms with van der Waals surface area (Å²) >= 11 is 11.6. The van der Waals surface area contributed by atoms with E-state index in [0.29, 0.717) is 49.2 Å². The SMILES string of the molecule is CCc1n[nH]c(C)c1-c1ccc(NC(=O)[C@H](CCCC(Cl)Cl)NC(=O)c2ccnn2CCCO)nc1F. The predicted molar refractivity (Wildman–Crippen MR) is 139 cm³/mol. The summed E-state index contributed by atoms with van der Waals surface area (Å²) in [5.74, 6) is -1.83. The maximum atomic E-state index is 15.0. The van der Waals surface area contributed by atoms with Crippen molar-refractivity contribution in [3.63, 3.8) is 0 Å². The highest BCUT2D eigenvalue weighted by atomic mass is 35.5. The highest BCUT2D eigenvalue weighted by molar-refractivity contribution is 6.44. The molecule has 13 heteroatoms. The molecule has 0 bridgehead atoms. The van der Waals surface area contributed by atoms with Crippen LogP contribution in [-0.2, 0) is 17.8 Å². The van der Waals surface area contributed by atoms with Crippen LogP contribution in [0, 0.1) is 12.9 Å². The molecule has 0 radical (unpaired) electrons. The van der Waals surface area contributed by atoms with Crippen LogP contribution >= 0.6 is 23.2 Å². The van der Waals surface area contributed by atoms with Crippen molar-refractivity contribution in [3.05, 3.63) is 47.4 Å². The summed E-state index contributed by atoms with van der Waals surface area (Å²) in [4.78, 5) is 29.3. The number of hydrogen-bond acceptors (Lipinski definition) is 6. The zero-order chi connectivity index (χ0) is 26.9. The topological polar surface area (TPSA) is 138 Å². The molecule has 0 aliphatic rings. The van der Waals surface area contributed by atoms with Gasteiger partial charge in [0, 0.05) is 36.2 Å². The third kappa shape index (κ3) is 7.50. The lowest BCUT2D eigenvalue weighted by Gasteiger charge is -2.19. The number of alkyl halides is 2. The average molecular weight is 554 g/mol. The Kier molecular flexibility index (Phi) is 10.4. The van der Waals surface area contributed by atoms with Crippen molar-refractivity contribution in [1.82, 2.24) is 30.3 Å². The second-order valence-electron chi connectivity index (χ2n) is 8.41. The number of amides is 2. The van der Waals surface area contributed by atoms with Crippen molar-refractivity contribution in [2.45, 2.75) is 63.4 Å². The van der Waals surface area contributed by atoms with Gasteiger partial charge in [-0.05, 0) is 57.2 Å². The number of hydrogen-bond donors (Lipinski definition) is 4. The molecule has 0 aliphatic heterocycles. The van der Waals surface area contributed by atoms with E-state index in [4.69, 9.17) is 28.3 Å². The first-order chi connectivity index (χ1) is 17.7. The molecule has 3 aromatic rings. The number of nitrogens with zero attached hydrogens (tertiary/aromatic N) is 4. The number of H-pyrrole nitrogens is 1. The number of pyridine rings is 1. The third-order valence-corrected chi connectivity index (χ3v) is 6.18. The lowest BCUT2D eigenvalue weighted by atomic mass is 10.0. The second kappa shape index (κ2) is 13.5. The zero-order valence-corrected chi connectivity index (χ0v) is 22.1. The van der Waals surface area contributed by atoms with Crippen molar-refractivity contribution in [2.75, 3.05) is 11.9 Å². The van der Waals surface area contributed by atoms with Crippen LogP contribution in [0.2, 0.25) is 0 Å². The molecule has 200 valence electrons. The molecule has 2 amide bonds. The third-order valence-electron chi connectivity index (χ3n) is 5.74. The van der Waals surface area contributed by atoms with Crippen molar-refractivity contribution < 1.29 is 19.1 Å². The molecule has 10 nitrogen and oxygen atoms in total. The van der Waals surface area contributed by atoms with Gasteiger partial charge in [0.1, 0.15) is 22.4 Å². The van der Waals surface area contributed by atoms with Crippen molar-refractivity contribution >= 4 is 40.8 Å². The minimum atomic E-state index is -0.965. The molecule has 0 unspecified atom stereocenters. The van der Waals surface area contributed by atoms with E-state index in [1.165, 1.54) is 29.1 Å². The molecule has 3 aromatic heterocycles. The van der Waals surface area contributed by atoms with E-state index in [-0.39, 0.29) is 30.1 Å². The maximum Gasteiger partial charge on any atom is 0.270 e. The summed E-state index contributed by atoms with van der Waals surface area (Å²) in [6.07, 6.45) is 3.62. The summed E-state index contributed by atoms with van der Waals surface area (Å²) in [5, 5.41) is 25.5. The van der Waals surface area contributed by atoms with Gasteiger partial charge in [-0.1, -0.05) is 6.92 Å². The first kappa shape index (κ1) is 28.5. The van der Waals surface area contributed by atoms with Crippen LogP contribution in [0.4, 0.5) is 10.2 Å². The molecule has 0 saturated heterocycles. The van der Waals surface area contributed by atoms with E-state index in [9.17, 15) is 14.0 Å². The van der Waals surface area contributed by atoms with E-state index < -0.39 is 28.6 Å².